The Labute approximate surface area is 112 Å². The standard InChI is InChI=1S/C10H16ClNS2.ClH/c1-4-12-10(2,3)9(13)7-5-6-8(11)14-7;/h5-6,9,12-13H,4H2,1-3H3;1H. The van der Waals surface area contributed by atoms with Gasteiger partial charge in [0.25, 0.3) is 0 Å². The Morgan fingerprint density at radius 3 is 2.53 bits per heavy atom. The lowest BCUT2D eigenvalue weighted by molar-refractivity contribution is 0.394. The highest BCUT2D eigenvalue weighted by atomic mass is 35.5. The normalized spacial score (nSPS) is 13.4. The van der Waals surface area contributed by atoms with E-state index in [1.54, 1.807) is 11.3 Å². The summed E-state index contributed by atoms with van der Waals surface area (Å²) >= 11 is 12.1. The van der Waals surface area contributed by atoms with Gasteiger partial charge in [-0.05, 0) is 32.5 Å². The summed E-state index contributed by atoms with van der Waals surface area (Å²) in [5, 5.41) is 3.60. The van der Waals surface area contributed by atoms with Crippen molar-refractivity contribution in [2.45, 2.75) is 31.6 Å². The molecule has 1 N–H and O–H groups in total. The fraction of sp³-hybridized carbons (Fsp3) is 0.600. The molecule has 0 amide bonds. The van der Waals surface area contributed by atoms with Gasteiger partial charge in [-0.1, -0.05) is 18.5 Å². The summed E-state index contributed by atoms with van der Waals surface area (Å²) in [5.41, 5.74) is -0.00789. The van der Waals surface area contributed by atoms with E-state index in [1.165, 1.54) is 4.88 Å². The van der Waals surface area contributed by atoms with E-state index in [2.05, 4.69) is 38.7 Å². The largest absolute Gasteiger partial charge is 0.311 e. The van der Waals surface area contributed by atoms with Crippen LogP contribution >= 0.6 is 48.0 Å². The molecule has 0 saturated carbocycles. The average Bonchev–Trinajstić information content (AvgIpc) is 2.50. The van der Waals surface area contributed by atoms with Gasteiger partial charge in [-0.2, -0.15) is 12.6 Å². The predicted octanol–water partition coefficient (Wildman–Crippen LogP) is 4.18. The van der Waals surface area contributed by atoms with Gasteiger partial charge in [0.1, 0.15) is 0 Å². The summed E-state index contributed by atoms with van der Waals surface area (Å²) in [6.07, 6.45) is 0. The number of thiophene rings is 1. The third-order valence-electron chi connectivity index (χ3n) is 2.18. The van der Waals surface area contributed by atoms with Crippen LogP contribution in [0.1, 0.15) is 30.9 Å². The molecule has 1 rings (SSSR count). The second-order valence-corrected chi connectivity index (χ2v) is 6.06. The zero-order chi connectivity index (χ0) is 10.8. The molecule has 5 heteroatoms. The summed E-state index contributed by atoms with van der Waals surface area (Å²) in [4.78, 5) is 1.21. The van der Waals surface area contributed by atoms with E-state index in [-0.39, 0.29) is 23.2 Å². The van der Waals surface area contributed by atoms with Gasteiger partial charge < -0.3 is 5.32 Å². The lowest BCUT2D eigenvalue weighted by atomic mass is 9.99. The van der Waals surface area contributed by atoms with Crippen molar-refractivity contribution in [3.05, 3.63) is 21.3 Å². The Bertz CT molecular complexity index is 299. The third-order valence-corrected chi connectivity index (χ3v) is 4.57. The molecule has 0 saturated heterocycles. The highest BCUT2D eigenvalue weighted by Crippen LogP contribution is 2.37. The SMILES string of the molecule is CCNC(C)(C)C(S)c1ccc(Cl)s1.Cl. The Balaban J connectivity index is 0.00000196. The Hall–Kier alpha value is 0.590. The molecule has 15 heavy (non-hydrogen) atoms. The van der Waals surface area contributed by atoms with Gasteiger partial charge in [-0.15, -0.1) is 23.7 Å². The van der Waals surface area contributed by atoms with Gasteiger partial charge in [-0.25, -0.2) is 0 Å². The minimum Gasteiger partial charge on any atom is -0.311 e. The van der Waals surface area contributed by atoms with Crippen molar-refractivity contribution < 1.29 is 0 Å². The number of rotatable bonds is 4. The van der Waals surface area contributed by atoms with Crippen molar-refractivity contribution in [3.8, 4) is 0 Å². The molecule has 0 spiro atoms. The maximum Gasteiger partial charge on any atom is 0.0931 e. The number of likely N-dealkylation sites (N-methyl/N-ethyl adjacent to an activating group) is 1. The fourth-order valence-electron chi connectivity index (χ4n) is 1.38. The minimum atomic E-state index is -0.00789. The maximum absolute atomic E-state index is 5.90. The van der Waals surface area contributed by atoms with Gasteiger partial charge in [0.15, 0.2) is 0 Å². The van der Waals surface area contributed by atoms with Crippen LogP contribution in [0.4, 0.5) is 0 Å². The van der Waals surface area contributed by atoms with E-state index in [4.69, 9.17) is 11.6 Å². The topological polar surface area (TPSA) is 12.0 Å². The van der Waals surface area contributed by atoms with Crippen molar-refractivity contribution in [2.75, 3.05) is 6.54 Å². The van der Waals surface area contributed by atoms with Gasteiger partial charge in [0.2, 0.25) is 0 Å². The maximum atomic E-state index is 5.90. The first-order valence-corrected chi connectivity index (χ1v) is 6.36. The van der Waals surface area contributed by atoms with Gasteiger partial charge in [0, 0.05) is 10.4 Å². The van der Waals surface area contributed by atoms with Gasteiger partial charge in [-0.3, -0.25) is 0 Å². The van der Waals surface area contributed by atoms with Gasteiger partial charge >= 0.3 is 0 Å². The van der Waals surface area contributed by atoms with Crippen LogP contribution in [0.2, 0.25) is 4.34 Å². The van der Waals surface area contributed by atoms with Crippen LogP contribution in [-0.4, -0.2) is 12.1 Å². The van der Waals surface area contributed by atoms with Crippen molar-refractivity contribution in [2.24, 2.45) is 0 Å². The zero-order valence-corrected chi connectivity index (χ0v) is 12.4. The van der Waals surface area contributed by atoms with E-state index in [1.807, 2.05) is 12.1 Å². The molecular formula is C10H17Cl2NS2. The van der Waals surface area contributed by atoms with E-state index in [0.717, 1.165) is 10.9 Å². The second-order valence-electron chi connectivity index (χ2n) is 3.80. The lowest BCUT2D eigenvalue weighted by Gasteiger charge is -2.31. The molecule has 0 bridgehead atoms. The lowest BCUT2D eigenvalue weighted by Crippen LogP contribution is -2.42. The molecule has 1 aromatic heterocycles. The molecule has 0 aromatic carbocycles. The summed E-state index contributed by atoms with van der Waals surface area (Å²) in [6.45, 7) is 7.36. The van der Waals surface area contributed by atoms with Crippen molar-refractivity contribution in [1.82, 2.24) is 5.32 Å². The molecule has 0 aliphatic carbocycles. The van der Waals surface area contributed by atoms with Crippen LogP contribution in [0.25, 0.3) is 0 Å². The molecule has 0 radical (unpaired) electrons. The molecule has 0 fully saturated rings. The molecule has 0 aliphatic heterocycles. The predicted molar refractivity (Wildman–Crippen MR) is 76.1 cm³/mol. The summed E-state index contributed by atoms with van der Waals surface area (Å²) in [5.74, 6) is 0. The number of nitrogens with one attached hydrogen (secondary N) is 1. The zero-order valence-electron chi connectivity index (χ0n) is 9.08. The smallest absolute Gasteiger partial charge is 0.0931 e. The molecule has 1 heterocycles. The van der Waals surface area contributed by atoms with Crippen LogP contribution < -0.4 is 5.32 Å². The number of thiol groups is 1. The highest BCUT2D eigenvalue weighted by Gasteiger charge is 2.27. The molecule has 1 nitrogen and oxygen atoms in total. The quantitative estimate of drug-likeness (QED) is 0.791. The van der Waals surface area contributed by atoms with Gasteiger partial charge in [0.05, 0.1) is 9.59 Å². The highest BCUT2D eigenvalue weighted by molar-refractivity contribution is 7.80. The van der Waals surface area contributed by atoms with E-state index in [0.29, 0.717) is 0 Å². The van der Waals surface area contributed by atoms with Crippen LogP contribution in [0, 0.1) is 0 Å². The van der Waals surface area contributed by atoms with Crippen molar-refractivity contribution in [3.63, 3.8) is 0 Å². The molecule has 1 aromatic rings. The summed E-state index contributed by atoms with van der Waals surface area (Å²) < 4.78 is 0.825. The van der Waals surface area contributed by atoms with E-state index < -0.39 is 0 Å². The van der Waals surface area contributed by atoms with E-state index >= 15 is 0 Å². The summed E-state index contributed by atoms with van der Waals surface area (Å²) in [7, 11) is 0. The second kappa shape index (κ2) is 6.36. The monoisotopic (exact) mass is 285 g/mol. The molecule has 1 atom stereocenters. The van der Waals surface area contributed by atoms with Crippen molar-refractivity contribution in [1.29, 1.82) is 0 Å². The first kappa shape index (κ1) is 15.6. The van der Waals surface area contributed by atoms with Crippen LogP contribution in [0.5, 0.6) is 0 Å². The van der Waals surface area contributed by atoms with Crippen LogP contribution in [-0.2, 0) is 0 Å². The Morgan fingerprint density at radius 1 is 1.53 bits per heavy atom. The Morgan fingerprint density at radius 2 is 2.13 bits per heavy atom. The Kier molecular flexibility index (Phi) is 6.61. The first-order chi connectivity index (χ1) is 6.47. The molecule has 88 valence electrons. The average molecular weight is 286 g/mol. The number of hydrogen-bond donors (Lipinski definition) is 2. The molecular weight excluding hydrogens is 269 g/mol. The third kappa shape index (κ3) is 4.16. The minimum absolute atomic E-state index is 0. The molecule has 0 aliphatic rings. The van der Waals surface area contributed by atoms with Crippen LogP contribution in [0.3, 0.4) is 0 Å². The van der Waals surface area contributed by atoms with E-state index in [9.17, 15) is 0 Å². The summed E-state index contributed by atoms with van der Waals surface area (Å²) in [6, 6.07) is 3.97. The molecule has 1 unspecified atom stereocenters. The number of halogens is 2. The fourth-order valence-corrected chi connectivity index (χ4v) is 2.95. The van der Waals surface area contributed by atoms with Crippen LogP contribution in [0.15, 0.2) is 12.1 Å². The van der Waals surface area contributed by atoms with Crippen molar-refractivity contribution >= 4 is 48.0 Å². The first-order valence-electron chi connectivity index (χ1n) is 4.65. The number of hydrogen-bond acceptors (Lipinski definition) is 3.